The number of rotatable bonds is 7. The fraction of sp³-hybridized carbons (Fsp3) is 0.250. The number of carbonyl (C=O) groups is 2. The fourth-order valence-corrected chi connectivity index (χ4v) is 4.57. The van der Waals surface area contributed by atoms with Gasteiger partial charge >= 0.3 is 0 Å². The molecule has 1 fully saturated rings. The Labute approximate surface area is 213 Å². The molecule has 0 radical (unpaired) electrons. The molecule has 4 rings (SSSR count). The molecule has 1 amide bonds. The second-order valence-electron chi connectivity index (χ2n) is 9.02. The lowest BCUT2D eigenvalue weighted by molar-refractivity contribution is -0.140. The molecule has 0 unspecified atom stereocenters. The number of hydrogen-bond acceptors (Lipinski definition) is 5. The molecule has 0 aliphatic carbocycles. The maximum atomic E-state index is 13.3. The summed E-state index contributed by atoms with van der Waals surface area (Å²) in [6.45, 7) is 6.75. The number of benzene rings is 2. The molecule has 1 saturated heterocycles. The predicted octanol–water partition coefficient (Wildman–Crippen LogP) is 5.81. The molecule has 0 spiro atoms. The van der Waals surface area contributed by atoms with Crippen LogP contribution in [0.15, 0.2) is 77.0 Å². The van der Waals surface area contributed by atoms with Crippen molar-refractivity contribution in [3.63, 3.8) is 0 Å². The van der Waals surface area contributed by atoms with Crippen LogP contribution in [0, 0.1) is 12.8 Å². The van der Waals surface area contributed by atoms with E-state index in [0.29, 0.717) is 23.8 Å². The summed E-state index contributed by atoms with van der Waals surface area (Å²) in [5, 5.41) is 11.4. The smallest absolute Gasteiger partial charge is 0.295 e. The normalized spacial score (nSPS) is 17.3. The van der Waals surface area contributed by atoms with E-state index >= 15 is 0 Å². The molecule has 0 bridgehead atoms. The SMILES string of the molecule is Cc1cc(OCC(C)C)ccc1/C(O)=C1\C(=O)C(=O)N(Cc2cccnc2)[C@H]1c1cccc(Br)c1. The van der Waals surface area contributed by atoms with Crippen LogP contribution in [0.2, 0.25) is 0 Å². The Morgan fingerprint density at radius 1 is 1.14 bits per heavy atom. The topological polar surface area (TPSA) is 79.7 Å². The molecule has 2 heterocycles. The van der Waals surface area contributed by atoms with E-state index in [-0.39, 0.29) is 17.9 Å². The molecule has 1 N–H and O–H groups in total. The van der Waals surface area contributed by atoms with Gasteiger partial charge in [-0.2, -0.15) is 0 Å². The number of aryl methyl sites for hydroxylation is 1. The summed E-state index contributed by atoms with van der Waals surface area (Å²) in [5.41, 5.74) is 2.81. The number of ketones is 1. The summed E-state index contributed by atoms with van der Waals surface area (Å²) in [4.78, 5) is 32.1. The van der Waals surface area contributed by atoms with Gasteiger partial charge < -0.3 is 14.7 Å². The van der Waals surface area contributed by atoms with Gasteiger partial charge in [0.2, 0.25) is 0 Å². The average Bonchev–Trinajstić information content (AvgIpc) is 3.08. The Kier molecular flexibility index (Phi) is 7.36. The van der Waals surface area contributed by atoms with Crippen molar-refractivity contribution in [1.29, 1.82) is 0 Å². The van der Waals surface area contributed by atoms with Gasteiger partial charge in [0.1, 0.15) is 11.5 Å². The number of nitrogens with zero attached hydrogens (tertiary/aromatic N) is 2. The predicted molar refractivity (Wildman–Crippen MR) is 138 cm³/mol. The van der Waals surface area contributed by atoms with Gasteiger partial charge in [0.05, 0.1) is 18.2 Å². The first kappa shape index (κ1) is 24.7. The Balaban J connectivity index is 1.80. The second-order valence-corrected chi connectivity index (χ2v) is 9.94. The number of aliphatic hydroxyl groups is 1. The van der Waals surface area contributed by atoms with Crippen molar-refractivity contribution in [3.05, 3.63) is 99.3 Å². The number of hydrogen-bond donors (Lipinski definition) is 1. The summed E-state index contributed by atoms with van der Waals surface area (Å²) in [5.74, 6) is -0.501. The number of Topliss-reactive ketones (excluding diaryl/α,β-unsaturated/α-hetero) is 1. The number of aliphatic hydroxyl groups excluding tert-OH is 1. The van der Waals surface area contributed by atoms with Gasteiger partial charge in [-0.1, -0.05) is 48.0 Å². The molecular formula is C28H27BrN2O4. The van der Waals surface area contributed by atoms with Crippen molar-refractivity contribution in [2.45, 2.75) is 33.4 Å². The van der Waals surface area contributed by atoms with Crippen LogP contribution in [-0.4, -0.2) is 33.3 Å². The van der Waals surface area contributed by atoms with Gasteiger partial charge in [0, 0.05) is 29.0 Å². The van der Waals surface area contributed by atoms with E-state index < -0.39 is 17.7 Å². The van der Waals surface area contributed by atoms with Crippen LogP contribution in [0.1, 0.15) is 42.1 Å². The van der Waals surface area contributed by atoms with Gasteiger partial charge in [-0.25, -0.2) is 0 Å². The Hall–Kier alpha value is -3.45. The lowest BCUT2D eigenvalue weighted by Gasteiger charge is -2.25. The molecule has 1 aliphatic heterocycles. The van der Waals surface area contributed by atoms with Crippen LogP contribution in [0.25, 0.3) is 5.76 Å². The van der Waals surface area contributed by atoms with Crippen LogP contribution in [0.5, 0.6) is 5.75 Å². The van der Waals surface area contributed by atoms with Gasteiger partial charge in [0.15, 0.2) is 0 Å². The summed E-state index contributed by atoms with van der Waals surface area (Å²) in [6.07, 6.45) is 3.32. The highest BCUT2D eigenvalue weighted by molar-refractivity contribution is 9.10. The monoisotopic (exact) mass is 534 g/mol. The minimum Gasteiger partial charge on any atom is -0.507 e. The maximum Gasteiger partial charge on any atom is 0.295 e. The van der Waals surface area contributed by atoms with E-state index in [4.69, 9.17) is 4.74 Å². The summed E-state index contributed by atoms with van der Waals surface area (Å²) < 4.78 is 6.61. The van der Waals surface area contributed by atoms with Crippen molar-refractivity contribution in [1.82, 2.24) is 9.88 Å². The molecule has 1 aliphatic rings. The number of aromatic nitrogens is 1. The zero-order valence-electron chi connectivity index (χ0n) is 19.9. The summed E-state index contributed by atoms with van der Waals surface area (Å²) >= 11 is 3.48. The molecule has 3 aromatic rings. The molecular weight excluding hydrogens is 508 g/mol. The molecule has 180 valence electrons. The zero-order chi connectivity index (χ0) is 25.1. The van der Waals surface area contributed by atoms with E-state index in [1.807, 2.05) is 43.3 Å². The van der Waals surface area contributed by atoms with Gasteiger partial charge in [0.25, 0.3) is 11.7 Å². The lowest BCUT2D eigenvalue weighted by atomic mass is 9.94. The number of likely N-dealkylation sites (tertiary alicyclic amines) is 1. The van der Waals surface area contributed by atoms with E-state index in [0.717, 1.165) is 21.2 Å². The quantitative estimate of drug-likeness (QED) is 0.235. The van der Waals surface area contributed by atoms with Crippen molar-refractivity contribution in [2.75, 3.05) is 6.61 Å². The van der Waals surface area contributed by atoms with Gasteiger partial charge in [-0.15, -0.1) is 0 Å². The minimum absolute atomic E-state index is 0.0657. The molecule has 2 aromatic carbocycles. The van der Waals surface area contributed by atoms with Crippen LogP contribution in [0.4, 0.5) is 0 Å². The fourth-order valence-electron chi connectivity index (χ4n) is 4.15. The third kappa shape index (κ3) is 5.30. The average molecular weight is 535 g/mol. The summed E-state index contributed by atoms with van der Waals surface area (Å²) in [6, 6.07) is 15.6. The van der Waals surface area contributed by atoms with E-state index in [9.17, 15) is 14.7 Å². The van der Waals surface area contributed by atoms with Crippen LogP contribution >= 0.6 is 15.9 Å². The van der Waals surface area contributed by atoms with E-state index in [1.54, 1.807) is 30.6 Å². The Morgan fingerprint density at radius 2 is 1.94 bits per heavy atom. The van der Waals surface area contributed by atoms with Crippen LogP contribution in [-0.2, 0) is 16.1 Å². The van der Waals surface area contributed by atoms with Crippen molar-refractivity contribution in [2.24, 2.45) is 5.92 Å². The molecule has 6 nitrogen and oxygen atoms in total. The Bertz CT molecular complexity index is 1290. The van der Waals surface area contributed by atoms with Gasteiger partial charge in [-0.05, 0) is 65.9 Å². The standard InChI is InChI=1S/C28H27BrN2O4/c1-17(2)16-35-22-9-10-23(18(3)12-22)26(32)24-25(20-7-4-8-21(29)13-20)31(28(34)27(24)33)15-19-6-5-11-30-14-19/h4-14,17,25,32H,15-16H2,1-3H3/b26-24+/t25-/m0/s1. The zero-order valence-corrected chi connectivity index (χ0v) is 21.5. The number of pyridine rings is 1. The highest BCUT2D eigenvalue weighted by atomic mass is 79.9. The Morgan fingerprint density at radius 3 is 2.60 bits per heavy atom. The highest BCUT2D eigenvalue weighted by Gasteiger charge is 2.46. The molecule has 1 aromatic heterocycles. The second kappa shape index (κ2) is 10.4. The molecule has 1 atom stereocenters. The number of halogens is 1. The summed E-state index contributed by atoms with van der Waals surface area (Å²) in [7, 11) is 0. The third-order valence-corrected chi connectivity index (χ3v) is 6.31. The van der Waals surface area contributed by atoms with E-state index in [2.05, 4.69) is 34.8 Å². The minimum atomic E-state index is -0.746. The van der Waals surface area contributed by atoms with Crippen molar-refractivity contribution < 1.29 is 19.4 Å². The van der Waals surface area contributed by atoms with Crippen LogP contribution < -0.4 is 4.74 Å². The number of carbonyl (C=O) groups excluding carboxylic acids is 2. The lowest BCUT2D eigenvalue weighted by Crippen LogP contribution is -2.29. The molecule has 0 saturated carbocycles. The van der Waals surface area contributed by atoms with Gasteiger partial charge in [-0.3, -0.25) is 14.6 Å². The van der Waals surface area contributed by atoms with Crippen LogP contribution in [0.3, 0.4) is 0 Å². The number of amides is 1. The maximum absolute atomic E-state index is 13.3. The van der Waals surface area contributed by atoms with Crippen molar-refractivity contribution >= 4 is 33.4 Å². The first-order valence-electron chi connectivity index (χ1n) is 11.4. The molecule has 7 heteroatoms. The van der Waals surface area contributed by atoms with E-state index in [1.165, 1.54) is 4.90 Å². The van der Waals surface area contributed by atoms with Crippen molar-refractivity contribution in [3.8, 4) is 5.75 Å². The molecule has 35 heavy (non-hydrogen) atoms. The number of ether oxygens (including phenoxy) is 1. The first-order chi connectivity index (χ1) is 16.8. The largest absolute Gasteiger partial charge is 0.507 e. The highest BCUT2D eigenvalue weighted by Crippen LogP contribution is 2.41. The third-order valence-electron chi connectivity index (χ3n) is 5.82. The first-order valence-corrected chi connectivity index (χ1v) is 12.2.